The van der Waals surface area contributed by atoms with Gasteiger partial charge in [-0.25, -0.2) is 0 Å². The van der Waals surface area contributed by atoms with Crippen molar-refractivity contribution in [2.75, 3.05) is 13.2 Å². The van der Waals surface area contributed by atoms with E-state index < -0.39 is 6.10 Å². The number of rotatable bonds is 60. The van der Waals surface area contributed by atoms with Gasteiger partial charge in [-0.2, -0.15) is 0 Å². The number of esters is 3. The van der Waals surface area contributed by atoms with Gasteiger partial charge >= 0.3 is 17.9 Å². The molecule has 428 valence electrons. The summed E-state index contributed by atoms with van der Waals surface area (Å²) >= 11 is 0. The number of allylic oxidation sites excluding steroid dienone is 6. The largest absolute Gasteiger partial charge is 0.462 e. The zero-order valence-electron chi connectivity index (χ0n) is 49.2. The van der Waals surface area contributed by atoms with E-state index in [-0.39, 0.29) is 31.1 Å². The summed E-state index contributed by atoms with van der Waals surface area (Å²) in [6.07, 6.45) is 76.3. The van der Waals surface area contributed by atoms with Crippen molar-refractivity contribution < 1.29 is 28.6 Å². The van der Waals surface area contributed by atoms with Gasteiger partial charge in [0, 0.05) is 19.3 Å². The van der Waals surface area contributed by atoms with E-state index >= 15 is 0 Å². The van der Waals surface area contributed by atoms with Gasteiger partial charge in [0.15, 0.2) is 6.10 Å². The van der Waals surface area contributed by atoms with E-state index in [0.717, 1.165) is 64.2 Å². The lowest BCUT2D eigenvalue weighted by atomic mass is 10.0. The van der Waals surface area contributed by atoms with E-state index in [4.69, 9.17) is 14.2 Å². The Morgan fingerprint density at radius 3 is 0.767 bits per heavy atom. The van der Waals surface area contributed by atoms with Crippen LogP contribution in [0.15, 0.2) is 36.5 Å². The Morgan fingerprint density at radius 1 is 0.274 bits per heavy atom. The van der Waals surface area contributed by atoms with Gasteiger partial charge in [-0.05, 0) is 77.0 Å². The van der Waals surface area contributed by atoms with Crippen molar-refractivity contribution in [1.29, 1.82) is 0 Å². The molecule has 6 heteroatoms. The Labute approximate surface area is 455 Å². The summed E-state index contributed by atoms with van der Waals surface area (Å²) in [4.78, 5) is 38.0. The number of hydrogen-bond acceptors (Lipinski definition) is 6. The van der Waals surface area contributed by atoms with Gasteiger partial charge in [0.1, 0.15) is 13.2 Å². The highest BCUT2D eigenvalue weighted by molar-refractivity contribution is 5.71. The Bertz CT molecular complexity index is 1220. The highest BCUT2D eigenvalue weighted by atomic mass is 16.6. The van der Waals surface area contributed by atoms with Gasteiger partial charge in [0.05, 0.1) is 0 Å². The minimum atomic E-state index is -0.768. The summed E-state index contributed by atoms with van der Waals surface area (Å²) in [6.45, 7) is 6.61. The third-order valence-corrected chi connectivity index (χ3v) is 14.6. The van der Waals surface area contributed by atoms with Gasteiger partial charge in [-0.3, -0.25) is 14.4 Å². The van der Waals surface area contributed by atoms with Crippen LogP contribution in [0.3, 0.4) is 0 Å². The van der Waals surface area contributed by atoms with Gasteiger partial charge in [-0.1, -0.05) is 295 Å². The summed E-state index contributed by atoms with van der Waals surface area (Å²) in [5.41, 5.74) is 0. The Morgan fingerprint density at radius 2 is 0.493 bits per heavy atom. The maximum atomic E-state index is 12.8. The van der Waals surface area contributed by atoms with Crippen molar-refractivity contribution in [1.82, 2.24) is 0 Å². The van der Waals surface area contributed by atoms with Crippen LogP contribution in [0, 0.1) is 0 Å². The van der Waals surface area contributed by atoms with E-state index in [1.54, 1.807) is 0 Å². The fraction of sp³-hybridized carbons (Fsp3) is 0.866. The zero-order valence-corrected chi connectivity index (χ0v) is 49.2. The lowest BCUT2D eigenvalue weighted by Gasteiger charge is -2.18. The van der Waals surface area contributed by atoms with Crippen LogP contribution in [0.4, 0.5) is 0 Å². The van der Waals surface area contributed by atoms with Gasteiger partial charge in [0.2, 0.25) is 0 Å². The average Bonchev–Trinajstić information content (AvgIpc) is 3.39. The van der Waals surface area contributed by atoms with Gasteiger partial charge in [0.25, 0.3) is 0 Å². The van der Waals surface area contributed by atoms with Crippen LogP contribution in [0.1, 0.15) is 355 Å². The molecule has 73 heavy (non-hydrogen) atoms. The SMILES string of the molecule is CCCCCCC/C=C\C/C=C\CCCCCCCCCCCCCCCCCCCCCC(=O)OCC(COC(=O)CCCCCCCC)OC(=O)CCCCCCCCC/C=C\CCCCCCCCC. The van der Waals surface area contributed by atoms with Crippen LogP contribution < -0.4 is 0 Å². The summed E-state index contributed by atoms with van der Waals surface area (Å²) in [7, 11) is 0. The molecule has 0 aliphatic rings. The number of hydrogen-bond donors (Lipinski definition) is 0. The monoisotopic (exact) mass is 1020 g/mol. The molecular weight excluding hydrogens is 901 g/mol. The molecule has 0 spiro atoms. The van der Waals surface area contributed by atoms with Crippen molar-refractivity contribution in [3.05, 3.63) is 36.5 Å². The maximum absolute atomic E-state index is 12.8. The normalized spacial score (nSPS) is 12.2. The molecule has 0 bridgehead atoms. The van der Waals surface area contributed by atoms with E-state index in [1.807, 2.05) is 0 Å². The van der Waals surface area contributed by atoms with Crippen LogP contribution in [0.5, 0.6) is 0 Å². The second kappa shape index (κ2) is 62.2. The molecular formula is C67H124O6. The second-order valence-electron chi connectivity index (χ2n) is 22.0. The number of unbranched alkanes of at least 4 members (excludes halogenated alkanes) is 43. The average molecular weight is 1030 g/mol. The number of ether oxygens (including phenoxy) is 3. The molecule has 0 aromatic heterocycles. The smallest absolute Gasteiger partial charge is 0.306 e. The van der Waals surface area contributed by atoms with E-state index in [9.17, 15) is 14.4 Å². The first-order valence-corrected chi connectivity index (χ1v) is 32.5. The maximum Gasteiger partial charge on any atom is 0.306 e. The Balaban J connectivity index is 3.97. The van der Waals surface area contributed by atoms with Crippen LogP contribution >= 0.6 is 0 Å². The zero-order chi connectivity index (χ0) is 52.9. The van der Waals surface area contributed by atoms with Crippen LogP contribution in [-0.4, -0.2) is 37.2 Å². The summed E-state index contributed by atoms with van der Waals surface area (Å²) in [6, 6.07) is 0. The highest BCUT2D eigenvalue weighted by Crippen LogP contribution is 2.17. The molecule has 0 aliphatic carbocycles. The fourth-order valence-electron chi connectivity index (χ4n) is 9.71. The van der Waals surface area contributed by atoms with E-state index in [2.05, 4.69) is 57.2 Å². The first-order valence-electron chi connectivity index (χ1n) is 32.5. The number of carbonyl (C=O) groups excluding carboxylic acids is 3. The molecule has 0 amide bonds. The topological polar surface area (TPSA) is 78.9 Å². The third-order valence-electron chi connectivity index (χ3n) is 14.6. The van der Waals surface area contributed by atoms with Crippen molar-refractivity contribution in [2.45, 2.75) is 361 Å². The fourth-order valence-corrected chi connectivity index (χ4v) is 9.71. The molecule has 0 N–H and O–H groups in total. The predicted molar refractivity (Wildman–Crippen MR) is 316 cm³/mol. The van der Waals surface area contributed by atoms with Crippen molar-refractivity contribution >= 4 is 17.9 Å². The molecule has 0 aliphatic heterocycles. The Hall–Kier alpha value is -2.37. The van der Waals surface area contributed by atoms with Crippen LogP contribution in [-0.2, 0) is 28.6 Å². The molecule has 0 aromatic carbocycles. The molecule has 0 radical (unpaired) electrons. The second-order valence-corrected chi connectivity index (χ2v) is 22.0. The molecule has 0 heterocycles. The van der Waals surface area contributed by atoms with Crippen LogP contribution in [0.2, 0.25) is 0 Å². The molecule has 6 nitrogen and oxygen atoms in total. The molecule has 0 rings (SSSR count). The highest BCUT2D eigenvalue weighted by Gasteiger charge is 2.19. The lowest BCUT2D eigenvalue weighted by Crippen LogP contribution is -2.30. The first kappa shape index (κ1) is 70.6. The molecule has 0 fully saturated rings. The van der Waals surface area contributed by atoms with Gasteiger partial charge < -0.3 is 14.2 Å². The van der Waals surface area contributed by atoms with E-state index in [0.29, 0.717) is 19.3 Å². The molecule has 1 atom stereocenters. The standard InChI is InChI=1S/C67H124O6/c1-4-7-10-13-16-18-20-22-24-26-28-29-30-31-32-33-34-35-36-37-38-39-40-42-43-45-47-49-51-54-57-60-66(69)72-63-64(62-71-65(68)59-56-53-15-12-9-6-3)73-67(70)61-58-55-52-50-48-46-44-41-27-25-23-21-19-17-14-11-8-5-2/h20,22,25-28,64H,4-19,21,23-24,29-63H2,1-3H3/b22-20-,27-25-,28-26-. The first-order chi connectivity index (χ1) is 36.0. The van der Waals surface area contributed by atoms with Crippen LogP contribution in [0.25, 0.3) is 0 Å². The molecule has 1 unspecified atom stereocenters. The lowest BCUT2D eigenvalue weighted by molar-refractivity contribution is -0.167. The predicted octanol–water partition coefficient (Wildman–Crippen LogP) is 22.0. The number of carbonyl (C=O) groups is 3. The Kier molecular flexibility index (Phi) is 60.2. The summed E-state index contributed by atoms with van der Waals surface area (Å²) < 4.78 is 16.8. The molecule has 0 aromatic rings. The molecule has 0 saturated carbocycles. The quantitative estimate of drug-likeness (QED) is 0.0261. The molecule has 0 saturated heterocycles. The van der Waals surface area contributed by atoms with Gasteiger partial charge in [-0.15, -0.1) is 0 Å². The minimum absolute atomic E-state index is 0.0694. The van der Waals surface area contributed by atoms with Crippen molar-refractivity contribution in [3.8, 4) is 0 Å². The van der Waals surface area contributed by atoms with Crippen molar-refractivity contribution in [2.24, 2.45) is 0 Å². The van der Waals surface area contributed by atoms with E-state index in [1.165, 1.54) is 250 Å². The van der Waals surface area contributed by atoms with Crippen molar-refractivity contribution in [3.63, 3.8) is 0 Å². The minimum Gasteiger partial charge on any atom is -0.462 e. The third kappa shape index (κ3) is 60.4. The summed E-state index contributed by atoms with van der Waals surface area (Å²) in [5.74, 6) is -0.864. The summed E-state index contributed by atoms with van der Waals surface area (Å²) in [5, 5.41) is 0.